The Balaban J connectivity index is 2.36. The van der Waals surface area contributed by atoms with Crippen LogP contribution in [0.3, 0.4) is 0 Å². The zero-order valence-corrected chi connectivity index (χ0v) is 12.2. The van der Waals surface area contributed by atoms with Crippen LogP contribution in [0.1, 0.15) is 32.9 Å². The minimum atomic E-state index is -0.242. The van der Waals surface area contributed by atoms with E-state index in [1.54, 1.807) is 12.1 Å². The van der Waals surface area contributed by atoms with Crippen molar-refractivity contribution in [2.45, 2.75) is 20.8 Å². The van der Waals surface area contributed by atoms with Crippen LogP contribution < -0.4 is 5.32 Å². The van der Waals surface area contributed by atoms with E-state index >= 15 is 0 Å². The lowest BCUT2D eigenvalue weighted by Gasteiger charge is -2.08. The zero-order chi connectivity index (χ0) is 15.4. The van der Waals surface area contributed by atoms with Crippen LogP contribution in [0.2, 0.25) is 0 Å². The summed E-state index contributed by atoms with van der Waals surface area (Å²) >= 11 is 0. The number of carbonyl (C=O) groups is 1. The Bertz CT molecular complexity index is 716. The average Bonchev–Trinajstić information content (AvgIpc) is 2.77. The molecule has 5 nitrogen and oxygen atoms in total. The fourth-order valence-corrected chi connectivity index (χ4v) is 2.01. The van der Waals surface area contributed by atoms with Crippen LogP contribution in [0.4, 0.5) is 5.69 Å². The number of hydrogen-bond donors (Lipinski definition) is 3. The maximum atomic E-state index is 12.5. The Labute approximate surface area is 123 Å². The zero-order valence-electron chi connectivity index (χ0n) is 12.2. The third-order valence-corrected chi connectivity index (χ3v) is 3.09. The first-order chi connectivity index (χ1) is 10.0. The maximum Gasteiger partial charge on any atom is 0.257 e. The molecule has 2 rings (SSSR count). The van der Waals surface area contributed by atoms with Gasteiger partial charge in [0, 0.05) is 5.56 Å². The van der Waals surface area contributed by atoms with E-state index in [9.17, 15) is 4.79 Å². The molecule has 1 aromatic carbocycles. The van der Waals surface area contributed by atoms with Crippen molar-refractivity contribution in [3.8, 4) is 11.8 Å². The number of rotatable bonds is 2. The second kappa shape index (κ2) is 6.25. The largest absolute Gasteiger partial charge is 0.384 e. The van der Waals surface area contributed by atoms with Crippen molar-refractivity contribution in [1.82, 2.24) is 10.2 Å². The Kier molecular flexibility index (Phi) is 4.41. The topological polar surface area (TPSA) is 78.0 Å². The Morgan fingerprint density at radius 1 is 1.38 bits per heavy atom. The highest BCUT2D eigenvalue weighted by Crippen LogP contribution is 2.19. The summed E-state index contributed by atoms with van der Waals surface area (Å²) < 4.78 is 0. The highest BCUT2D eigenvalue weighted by atomic mass is 16.2. The Morgan fingerprint density at radius 2 is 2.14 bits per heavy atom. The van der Waals surface area contributed by atoms with Gasteiger partial charge in [-0.2, -0.15) is 5.10 Å². The summed E-state index contributed by atoms with van der Waals surface area (Å²) in [6.07, 6.45) is 0. The molecular weight excluding hydrogens is 266 g/mol. The number of aromatic amines is 1. The van der Waals surface area contributed by atoms with Crippen molar-refractivity contribution in [3.63, 3.8) is 0 Å². The molecule has 108 valence electrons. The highest BCUT2D eigenvalue weighted by molar-refractivity contribution is 6.06. The molecule has 3 N–H and O–H groups in total. The first kappa shape index (κ1) is 14.8. The smallest absolute Gasteiger partial charge is 0.257 e. The number of aliphatic hydroxyl groups is 1. The van der Waals surface area contributed by atoms with Crippen molar-refractivity contribution < 1.29 is 9.90 Å². The molecule has 2 aromatic rings. The van der Waals surface area contributed by atoms with Crippen molar-refractivity contribution in [1.29, 1.82) is 0 Å². The van der Waals surface area contributed by atoms with Crippen LogP contribution >= 0.6 is 0 Å². The molecule has 5 heteroatoms. The molecule has 0 aliphatic carbocycles. The first-order valence-corrected chi connectivity index (χ1v) is 6.56. The third kappa shape index (κ3) is 3.30. The number of H-pyrrole nitrogens is 1. The summed E-state index contributed by atoms with van der Waals surface area (Å²) in [5, 5.41) is 18.5. The summed E-state index contributed by atoms with van der Waals surface area (Å²) in [6.45, 7) is 5.34. The molecule has 0 radical (unpaired) electrons. The second-order valence-corrected chi connectivity index (χ2v) is 4.77. The Hall–Kier alpha value is -2.58. The molecule has 21 heavy (non-hydrogen) atoms. The van der Waals surface area contributed by atoms with Gasteiger partial charge in [-0.05, 0) is 32.9 Å². The van der Waals surface area contributed by atoms with Gasteiger partial charge < -0.3 is 10.4 Å². The SMILES string of the molecule is Cc1ccc(C#CCO)c(C(=O)Nc2c(C)n[nH]c2C)c1. The molecule has 0 aliphatic heterocycles. The molecule has 1 amide bonds. The van der Waals surface area contributed by atoms with E-state index in [1.807, 2.05) is 26.8 Å². The number of benzene rings is 1. The van der Waals surface area contributed by atoms with Crippen LogP contribution in [-0.4, -0.2) is 27.8 Å². The van der Waals surface area contributed by atoms with Gasteiger partial charge in [0.05, 0.1) is 22.6 Å². The van der Waals surface area contributed by atoms with Crippen LogP contribution in [0.5, 0.6) is 0 Å². The number of hydrogen-bond acceptors (Lipinski definition) is 3. The van der Waals surface area contributed by atoms with E-state index in [1.165, 1.54) is 0 Å². The first-order valence-electron chi connectivity index (χ1n) is 6.56. The number of aromatic nitrogens is 2. The van der Waals surface area contributed by atoms with Gasteiger partial charge >= 0.3 is 0 Å². The van der Waals surface area contributed by atoms with Crippen molar-refractivity contribution in [2.75, 3.05) is 11.9 Å². The quantitative estimate of drug-likeness (QED) is 0.737. The molecule has 0 atom stereocenters. The minimum absolute atomic E-state index is 0.241. The van der Waals surface area contributed by atoms with E-state index < -0.39 is 0 Å². The molecular formula is C16H17N3O2. The molecule has 0 bridgehead atoms. The maximum absolute atomic E-state index is 12.5. The number of nitrogens with zero attached hydrogens (tertiary/aromatic N) is 1. The predicted octanol–water partition coefficient (Wildman–Crippen LogP) is 1.93. The van der Waals surface area contributed by atoms with Gasteiger partial charge in [0.1, 0.15) is 6.61 Å². The molecule has 0 saturated heterocycles. The fraction of sp³-hybridized carbons (Fsp3) is 0.250. The van der Waals surface area contributed by atoms with E-state index in [-0.39, 0.29) is 12.5 Å². The molecule has 0 aliphatic rings. The average molecular weight is 283 g/mol. The number of carbonyl (C=O) groups excluding carboxylic acids is 1. The predicted molar refractivity (Wildman–Crippen MR) is 81.2 cm³/mol. The highest BCUT2D eigenvalue weighted by Gasteiger charge is 2.14. The van der Waals surface area contributed by atoms with Gasteiger partial charge in [0.15, 0.2) is 0 Å². The van der Waals surface area contributed by atoms with Gasteiger partial charge in [-0.15, -0.1) is 0 Å². The number of aliphatic hydroxyl groups excluding tert-OH is 1. The number of amides is 1. The second-order valence-electron chi connectivity index (χ2n) is 4.77. The van der Waals surface area contributed by atoms with E-state index in [0.29, 0.717) is 16.8 Å². The van der Waals surface area contributed by atoms with Gasteiger partial charge in [-0.3, -0.25) is 9.89 Å². The van der Waals surface area contributed by atoms with Gasteiger partial charge in [-0.25, -0.2) is 0 Å². The van der Waals surface area contributed by atoms with Gasteiger partial charge in [-0.1, -0.05) is 23.5 Å². The normalized spacial score (nSPS) is 9.90. The lowest BCUT2D eigenvalue weighted by molar-refractivity contribution is 0.102. The lowest BCUT2D eigenvalue weighted by Crippen LogP contribution is -2.14. The summed E-state index contributed by atoms with van der Waals surface area (Å²) in [7, 11) is 0. The van der Waals surface area contributed by atoms with E-state index in [4.69, 9.17) is 5.11 Å². The summed E-state index contributed by atoms with van der Waals surface area (Å²) in [5.41, 5.74) is 4.26. The molecule has 0 saturated carbocycles. The molecule has 0 fully saturated rings. The van der Waals surface area contributed by atoms with Crippen molar-refractivity contribution >= 4 is 11.6 Å². The standard InChI is InChI=1S/C16H17N3O2/c1-10-6-7-13(5-4-8-20)14(9-10)16(21)17-15-11(2)18-19-12(15)3/h6-7,9,20H,8H2,1-3H3,(H,17,21)(H,18,19). The van der Waals surface area contributed by atoms with Crippen LogP contribution in [0.25, 0.3) is 0 Å². The molecule has 1 heterocycles. The molecule has 0 spiro atoms. The summed E-state index contributed by atoms with van der Waals surface area (Å²) in [5.74, 6) is 5.12. The van der Waals surface area contributed by atoms with Crippen LogP contribution in [0.15, 0.2) is 18.2 Å². The minimum Gasteiger partial charge on any atom is -0.384 e. The van der Waals surface area contributed by atoms with Crippen LogP contribution in [-0.2, 0) is 0 Å². The monoisotopic (exact) mass is 283 g/mol. The van der Waals surface area contributed by atoms with Gasteiger partial charge in [0.25, 0.3) is 5.91 Å². The number of anilines is 1. The molecule has 1 aromatic heterocycles. The van der Waals surface area contributed by atoms with Gasteiger partial charge in [0.2, 0.25) is 0 Å². The third-order valence-electron chi connectivity index (χ3n) is 3.09. The van der Waals surface area contributed by atoms with Crippen LogP contribution in [0, 0.1) is 32.6 Å². The molecule has 0 unspecified atom stereocenters. The number of aryl methyl sites for hydroxylation is 3. The Morgan fingerprint density at radius 3 is 2.76 bits per heavy atom. The fourth-order valence-electron chi connectivity index (χ4n) is 2.01. The van der Waals surface area contributed by atoms with Crippen molar-refractivity contribution in [3.05, 3.63) is 46.3 Å². The van der Waals surface area contributed by atoms with Crippen molar-refractivity contribution in [2.24, 2.45) is 0 Å². The number of nitrogens with one attached hydrogen (secondary N) is 2. The lowest BCUT2D eigenvalue weighted by atomic mass is 10.0. The summed E-state index contributed by atoms with van der Waals surface area (Å²) in [4.78, 5) is 12.5. The summed E-state index contributed by atoms with van der Waals surface area (Å²) in [6, 6.07) is 5.44. The van der Waals surface area contributed by atoms with E-state index in [2.05, 4.69) is 27.4 Å². The van der Waals surface area contributed by atoms with E-state index in [0.717, 1.165) is 17.0 Å².